The number of hydrogen-bond donors (Lipinski definition) is 1. The molecule has 0 bridgehead atoms. The predicted molar refractivity (Wildman–Crippen MR) is 62.2 cm³/mol. The van der Waals surface area contributed by atoms with E-state index in [0.29, 0.717) is 6.42 Å². The topological polar surface area (TPSA) is 46.9 Å². The Bertz CT molecular complexity index is 377. The van der Waals surface area contributed by atoms with Crippen LogP contribution in [0.3, 0.4) is 0 Å². The van der Waals surface area contributed by atoms with Crippen LogP contribution < -0.4 is 5.32 Å². The molecule has 1 aromatic heterocycles. The van der Waals surface area contributed by atoms with E-state index < -0.39 is 0 Å². The molecule has 4 heteroatoms. The second-order valence-electron chi connectivity index (χ2n) is 4.80. The second-order valence-corrected chi connectivity index (χ2v) is 4.80. The average Bonchev–Trinajstić information content (AvgIpc) is 2.65. The van der Waals surface area contributed by atoms with Crippen molar-refractivity contribution in [3.8, 4) is 0 Å². The molecular weight excluding hydrogens is 202 g/mol. The Hall–Kier alpha value is -1.16. The Morgan fingerprint density at radius 1 is 1.62 bits per heavy atom. The van der Waals surface area contributed by atoms with Crippen LogP contribution >= 0.6 is 0 Å². The fourth-order valence-corrected chi connectivity index (χ4v) is 2.21. The number of hydrogen-bond acceptors (Lipinski definition) is 3. The number of aromatic nitrogens is 2. The van der Waals surface area contributed by atoms with Gasteiger partial charge in [-0.15, -0.1) is 0 Å². The molecule has 0 radical (unpaired) electrons. The first-order valence-corrected chi connectivity index (χ1v) is 5.87. The van der Waals surface area contributed by atoms with Gasteiger partial charge in [0.25, 0.3) is 0 Å². The molecule has 2 heterocycles. The summed E-state index contributed by atoms with van der Waals surface area (Å²) in [5.74, 6) is 0.255. The number of piperidine rings is 1. The molecule has 1 saturated heterocycles. The van der Waals surface area contributed by atoms with Crippen LogP contribution in [0.5, 0.6) is 0 Å². The van der Waals surface area contributed by atoms with Gasteiger partial charge in [-0.1, -0.05) is 0 Å². The molecule has 0 spiro atoms. The van der Waals surface area contributed by atoms with Crippen molar-refractivity contribution in [1.82, 2.24) is 15.1 Å². The lowest BCUT2D eigenvalue weighted by Gasteiger charge is -2.33. The maximum Gasteiger partial charge on any atom is 0.158 e. The molecule has 1 atom stereocenters. The third-order valence-corrected chi connectivity index (χ3v) is 3.34. The molecule has 0 amide bonds. The Labute approximate surface area is 96.0 Å². The lowest BCUT2D eigenvalue weighted by atomic mass is 9.85. The van der Waals surface area contributed by atoms with Crippen LogP contribution in [0.25, 0.3) is 0 Å². The standard InChI is InChI=1S/C12H19N3O/c1-12(6-3-4-7-13-12)11(16)9-10-5-8-15(2)14-10/h5,8,13H,3-4,6-7,9H2,1-2H3. The average molecular weight is 221 g/mol. The number of aryl methyl sites for hydroxylation is 1. The summed E-state index contributed by atoms with van der Waals surface area (Å²) < 4.78 is 1.74. The smallest absolute Gasteiger partial charge is 0.158 e. The van der Waals surface area contributed by atoms with Crippen LogP contribution in [0.4, 0.5) is 0 Å². The van der Waals surface area contributed by atoms with E-state index in [1.807, 2.05) is 26.2 Å². The van der Waals surface area contributed by atoms with E-state index in [4.69, 9.17) is 0 Å². The van der Waals surface area contributed by atoms with Gasteiger partial charge in [0.2, 0.25) is 0 Å². The number of nitrogens with zero attached hydrogens (tertiary/aromatic N) is 2. The largest absolute Gasteiger partial charge is 0.305 e. The number of carbonyl (C=O) groups excluding carboxylic acids is 1. The van der Waals surface area contributed by atoms with Gasteiger partial charge in [0.1, 0.15) is 0 Å². The molecule has 1 aliphatic heterocycles. The Morgan fingerprint density at radius 3 is 3.00 bits per heavy atom. The highest BCUT2D eigenvalue weighted by Gasteiger charge is 2.33. The number of Topliss-reactive ketones (excluding diaryl/α,β-unsaturated/α-hetero) is 1. The molecule has 88 valence electrons. The zero-order valence-electron chi connectivity index (χ0n) is 9.99. The minimum absolute atomic E-state index is 0.255. The minimum Gasteiger partial charge on any atom is -0.305 e. The van der Waals surface area contributed by atoms with Gasteiger partial charge < -0.3 is 5.32 Å². The van der Waals surface area contributed by atoms with E-state index >= 15 is 0 Å². The molecule has 0 aliphatic carbocycles. The van der Waals surface area contributed by atoms with E-state index in [1.165, 1.54) is 6.42 Å². The van der Waals surface area contributed by atoms with E-state index in [-0.39, 0.29) is 11.3 Å². The summed E-state index contributed by atoms with van der Waals surface area (Å²) in [6.45, 7) is 2.96. The van der Waals surface area contributed by atoms with Crippen molar-refractivity contribution in [2.24, 2.45) is 7.05 Å². The lowest BCUT2D eigenvalue weighted by molar-refractivity contribution is -0.125. The third-order valence-electron chi connectivity index (χ3n) is 3.34. The lowest BCUT2D eigenvalue weighted by Crippen LogP contribution is -2.52. The van der Waals surface area contributed by atoms with Gasteiger partial charge in [-0.3, -0.25) is 9.48 Å². The fourth-order valence-electron chi connectivity index (χ4n) is 2.21. The summed E-state index contributed by atoms with van der Waals surface area (Å²) >= 11 is 0. The van der Waals surface area contributed by atoms with Crippen molar-refractivity contribution >= 4 is 5.78 Å². The zero-order chi connectivity index (χ0) is 11.6. The number of carbonyl (C=O) groups is 1. The molecule has 0 saturated carbocycles. The zero-order valence-corrected chi connectivity index (χ0v) is 9.99. The Balaban J connectivity index is 2.01. The van der Waals surface area contributed by atoms with Crippen LogP contribution in [0.2, 0.25) is 0 Å². The van der Waals surface area contributed by atoms with Crippen LogP contribution in [-0.2, 0) is 18.3 Å². The summed E-state index contributed by atoms with van der Waals surface area (Å²) in [7, 11) is 1.87. The van der Waals surface area contributed by atoms with Gasteiger partial charge in [0, 0.05) is 13.2 Å². The SMILES string of the molecule is Cn1ccc(CC(=O)C2(C)CCCCN2)n1. The molecule has 1 unspecified atom stereocenters. The van der Waals surface area contributed by atoms with Crippen molar-refractivity contribution in [2.45, 2.75) is 38.1 Å². The van der Waals surface area contributed by atoms with E-state index in [9.17, 15) is 4.79 Å². The summed E-state index contributed by atoms with van der Waals surface area (Å²) in [4.78, 5) is 12.2. The molecule has 1 N–H and O–H groups in total. The molecule has 0 aromatic carbocycles. The molecule has 2 rings (SSSR count). The molecule has 1 aliphatic rings. The highest BCUT2D eigenvalue weighted by Crippen LogP contribution is 2.21. The maximum absolute atomic E-state index is 12.2. The highest BCUT2D eigenvalue weighted by molar-refractivity contribution is 5.89. The molecule has 4 nitrogen and oxygen atoms in total. The van der Waals surface area contributed by atoms with Crippen LogP contribution in [0.15, 0.2) is 12.3 Å². The number of nitrogens with one attached hydrogen (secondary N) is 1. The third kappa shape index (κ3) is 2.32. The van der Waals surface area contributed by atoms with Crippen LogP contribution in [0, 0.1) is 0 Å². The first-order chi connectivity index (χ1) is 7.60. The number of rotatable bonds is 3. The highest BCUT2D eigenvalue weighted by atomic mass is 16.1. The van der Waals surface area contributed by atoms with Crippen molar-refractivity contribution < 1.29 is 4.79 Å². The number of ketones is 1. The molecule has 16 heavy (non-hydrogen) atoms. The van der Waals surface area contributed by atoms with Crippen molar-refractivity contribution in [3.63, 3.8) is 0 Å². The quantitative estimate of drug-likeness (QED) is 0.830. The van der Waals surface area contributed by atoms with E-state index in [0.717, 1.165) is 25.1 Å². The maximum atomic E-state index is 12.2. The van der Waals surface area contributed by atoms with Gasteiger partial charge in [-0.2, -0.15) is 5.10 Å². The second kappa shape index (κ2) is 4.37. The van der Waals surface area contributed by atoms with Gasteiger partial charge >= 0.3 is 0 Å². The van der Waals surface area contributed by atoms with Crippen molar-refractivity contribution in [3.05, 3.63) is 18.0 Å². The van der Waals surface area contributed by atoms with Gasteiger partial charge in [0.15, 0.2) is 5.78 Å². The Kier molecular flexibility index (Phi) is 3.10. The van der Waals surface area contributed by atoms with Crippen molar-refractivity contribution in [2.75, 3.05) is 6.54 Å². The molecule has 1 aromatic rings. The van der Waals surface area contributed by atoms with Gasteiger partial charge in [0.05, 0.1) is 17.7 Å². The summed E-state index contributed by atoms with van der Waals surface area (Å²) in [5, 5.41) is 7.58. The van der Waals surface area contributed by atoms with E-state index in [1.54, 1.807) is 4.68 Å². The predicted octanol–water partition coefficient (Wildman–Crippen LogP) is 1.06. The normalized spacial score (nSPS) is 25.6. The summed E-state index contributed by atoms with van der Waals surface area (Å²) in [6.07, 6.45) is 5.56. The minimum atomic E-state index is -0.338. The van der Waals surface area contributed by atoms with Crippen LogP contribution in [0.1, 0.15) is 31.9 Å². The molecular formula is C12H19N3O. The van der Waals surface area contributed by atoms with Gasteiger partial charge in [-0.25, -0.2) is 0 Å². The Morgan fingerprint density at radius 2 is 2.44 bits per heavy atom. The van der Waals surface area contributed by atoms with Crippen LogP contribution in [-0.4, -0.2) is 27.6 Å². The summed E-state index contributed by atoms with van der Waals surface area (Å²) in [5.41, 5.74) is 0.525. The molecule has 1 fully saturated rings. The van der Waals surface area contributed by atoms with E-state index in [2.05, 4.69) is 10.4 Å². The van der Waals surface area contributed by atoms with Crippen molar-refractivity contribution in [1.29, 1.82) is 0 Å². The first-order valence-electron chi connectivity index (χ1n) is 5.87. The fraction of sp³-hybridized carbons (Fsp3) is 0.667. The first kappa shape index (κ1) is 11.3. The summed E-state index contributed by atoms with van der Waals surface area (Å²) in [6, 6.07) is 1.91. The monoisotopic (exact) mass is 221 g/mol. The van der Waals surface area contributed by atoms with Gasteiger partial charge in [-0.05, 0) is 38.8 Å².